The average molecular weight is 760 g/mol. The summed E-state index contributed by atoms with van der Waals surface area (Å²) >= 11 is 0. The number of benzene rings is 2. The van der Waals surface area contributed by atoms with Crippen LogP contribution in [0.25, 0.3) is 0 Å². The Labute approximate surface area is 321 Å². The van der Waals surface area contributed by atoms with E-state index < -0.39 is 71.7 Å². The normalized spacial score (nSPS) is 28.8. The third kappa shape index (κ3) is 9.45. The number of hydrogen-bond acceptors (Lipinski definition) is 10. The number of amides is 6. The molecule has 10 atom stereocenters. The summed E-state index contributed by atoms with van der Waals surface area (Å²) in [5.74, 6) is -6.75. The van der Waals surface area contributed by atoms with Gasteiger partial charge in [0.15, 0.2) is 0 Å². The molecule has 5 N–H and O–H groups in total. The molecule has 55 heavy (non-hydrogen) atoms. The van der Waals surface area contributed by atoms with E-state index in [0.29, 0.717) is 63.2 Å². The zero-order chi connectivity index (χ0) is 39.2. The van der Waals surface area contributed by atoms with E-state index in [1.165, 1.54) is 0 Å². The Morgan fingerprint density at radius 3 is 1.29 bits per heavy atom. The van der Waals surface area contributed by atoms with Gasteiger partial charge < -0.3 is 29.9 Å². The Balaban J connectivity index is 1.19. The maximum Gasteiger partial charge on any atom is 0.411 e. The van der Waals surface area contributed by atoms with Crippen molar-refractivity contribution in [2.24, 2.45) is 47.3 Å². The number of rotatable bonds is 14. The summed E-state index contributed by atoms with van der Waals surface area (Å²) in [5.41, 5.74) is 1.11. The lowest BCUT2D eigenvalue weighted by Gasteiger charge is -2.36. The highest BCUT2D eigenvalue weighted by atomic mass is 16.6. The molecule has 6 rings (SSSR count). The molecule has 4 fully saturated rings. The van der Waals surface area contributed by atoms with Gasteiger partial charge in [-0.3, -0.25) is 35.1 Å². The third-order valence-corrected chi connectivity index (χ3v) is 11.6. The Morgan fingerprint density at radius 1 is 0.545 bits per heavy atom. The lowest BCUT2D eigenvalue weighted by atomic mass is 9.75. The summed E-state index contributed by atoms with van der Waals surface area (Å²) in [4.78, 5) is 85.8. The highest BCUT2D eigenvalue weighted by Crippen LogP contribution is 2.55. The first-order valence-corrected chi connectivity index (χ1v) is 19.1. The van der Waals surface area contributed by atoms with Crippen LogP contribution in [0.2, 0.25) is 0 Å². The van der Waals surface area contributed by atoms with Crippen molar-refractivity contribution in [3.8, 4) is 0 Å². The lowest BCUT2D eigenvalue weighted by Crippen LogP contribution is -2.54. The molecular weight excluding hydrogens is 706 g/mol. The van der Waals surface area contributed by atoms with Gasteiger partial charge in [0, 0.05) is 49.4 Å². The predicted octanol–water partition coefficient (Wildman–Crippen LogP) is 2.76. The van der Waals surface area contributed by atoms with Gasteiger partial charge in [0.25, 0.3) is 0 Å². The number of carbonyl (C=O) groups is 6. The molecule has 10 unspecified atom stereocenters. The van der Waals surface area contributed by atoms with Gasteiger partial charge in [-0.2, -0.15) is 0 Å². The predicted molar refractivity (Wildman–Crippen MR) is 203 cm³/mol. The van der Waals surface area contributed by atoms with Gasteiger partial charge in [0.05, 0.1) is 23.7 Å². The minimum atomic E-state index is -0.953. The van der Waals surface area contributed by atoms with E-state index in [9.17, 15) is 28.8 Å². The smallest absolute Gasteiger partial charge is 0.411 e. The number of likely N-dealkylation sites (N-methyl/N-ethyl adjacent to an activating group) is 2. The molecule has 2 aromatic rings. The number of nitrogens with one attached hydrogen (secondary N) is 5. The number of anilines is 2. The molecule has 15 nitrogen and oxygen atoms in total. The van der Waals surface area contributed by atoms with Crippen LogP contribution < -0.4 is 26.6 Å². The summed E-state index contributed by atoms with van der Waals surface area (Å²) in [6.07, 6.45) is -0.883. The third-order valence-electron chi connectivity index (χ3n) is 11.6. The number of para-hydroxylation sites is 2. The first kappa shape index (κ1) is 39.7. The SMILES string of the molecule is CN(C)CCNC(=O)C1C2CC(OC(=O)Nc3ccccc3)C(C2)C1C(=O)NC(=O)C1C2CC(CC2OC(=O)Nc2ccccc2)C1C(=O)NCCN(C)C. The molecule has 0 saturated heterocycles. The van der Waals surface area contributed by atoms with Gasteiger partial charge in [-0.05, 0) is 90.0 Å². The molecule has 0 aliphatic heterocycles. The first-order valence-electron chi connectivity index (χ1n) is 19.1. The minimum absolute atomic E-state index is 0.247. The minimum Gasteiger partial charge on any atom is -0.446 e. The molecule has 4 bridgehead atoms. The molecule has 0 aromatic heterocycles. The number of nitrogens with zero attached hydrogens (tertiary/aromatic N) is 2. The van der Waals surface area contributed by atoms with E-state index in [2.05, 4.69) is 26.6 Å². The molecule has 2 aromatic carbocycles. The Morgan fingerprint density at radius 2 is 0.927 bits per heavy atom. The van der Waals surface area contributed by atoms with E-state index in [1.807, 2.05) is 50.1 Å². The summed E-state index contributed by atoms with van der Waals surface area (Å²) < 4.78 is 11.7. The fraction of sp³-hybridized carbons (Fsp3) is 0.550. The Kier molecular flexibility index (Phi) is 12.7. The van der Waals surface area contributed by atoms with Crippen molar-refractivity contribution in [3.63, 3.8) is 0 Å². The van der Waals surface area contributed by atoms with E-state index in [0.717, 1.165) is 0 Å². The molecule has 4 aliphatic rings. The molecule has 6 amide bonds. The zero-order valence-corrected chi connectivity index (χ0v) is 31.9. The topological polar surface area (TPSA) is 188 Å². The van der Waals surface area contributed by atoms with E-state index in [1.54, 1.807) is 48.5 Å². The van der Waals surface area contributed by atoms with Crippen molar-refractivity contribution in [2.45, 2.75) is 37.9 Å². The van der Waals surface area contributed by atoms with Crippen LogP contribution in [0.3, 0.4) is 0 Å². The number of fused-ring (bicyclic) bond motifs is 4. The van der Waals surface area contributed by atoms with Gasteiger partial charge in [-0.25, -0.2) is 9.59 Å². The second kappa shape index (κ2) is 17.6. The van der Waals surface area contributed by atoms with Crippen LogP contribution in [-0.2, 0) is 28.7 Å². The second-order valence-electron chi connectivity index (χ2n) is 15.8. The summed E-state index contributed by atoms with van der Waals surface area (Å²) in [6.45, 7) is 1.95. The van der Waals surface area contributed by atoms with Gasteiger partial charge in [-0.1, -0.05) is 36.4 Å². The number of imide groups is 1. The van der Waals surface area contributed by atoms with Crippen LogP contribution in [0.1, 0.15) is 25.7 Å². The van der Waals surface area contributed by atoms with Crippen LogP contribution in [0.4, 0.5) is 21.0 Å². The van der Waals surface area contributed by atoms with Crippen molar-refractivity contribution in [1.82, 2.24) is 25.8 Å². The highest BCUT2D eigenvalue weighted by molar-refractivity contribution is 6.02. The zero-order valence-electron chi connectivity index (χ0n) is 31.9. The van der Waals surface area contributed by atoms with Crippen molar-refractivity contribution >= 4 is 47.2 Å². The molecule has 296 valence electrons. The standard InChI is InChI=1S/C40H53N7O8/c1-46(2)17-15-41-35(48)31-23-19-27(29(21-23)54-39(52)43-25-11-7-5-8-12-25)33(31)37(50)45-38(51)34-28-20-24(32(34)36(49)42-16-18-47(3)4)22-30(28)55-40(53)44-26-13-9-6-10-14-26/h5-14,23-24,27-34H,15-22H2,1-4H3,(H,41,48)(H,42,49)(H,43,52)(H,44,53)(H,45,50,51). The average Bonchev–Trinajstić information content (AvgIpc) is 3.91. The van der Waals surface area contributed by atoms with Crippen LogP contribution >= 0.6 is 0 Å². The Bertz CT molecular complexity index is 1590. The van der Waals surface area contributed by atoms with Crippen molar-refractivity contribution < 1.29 is 38.2 Å². The molecule has 4 aliphatic carbocycles. The lowest BCUT2D eigenvalue weighted by molar-refractivity contribution is -0.147. The number of carbonyl (C=O) groups excluding carboxylic acids is 6. The van der Waals surface area contributed by atoms with Crippen LogP contribution in [0.5, 0.6) is 0 Å². The van der Waals surface area contributed by atoms with E-state index >= 15 is 0 Å². The first-order chi connectivity index (χ1) is 26.4. The van der Waals surface area contributed by atoms with Crippen molar-refractivity contribution in [3.05, 3.63) is 60.7 Å². The largest absolute Gasteiger partial charge is 0.446 e. The van der Waals surface area contributed by atoms with Gasteiger partial charge in [-0.15, -0.1) is 0 Å². The quantitative estimate of drug-likeness (QED) is 0.179. The molecule has 15 heteroatoms. The van der Waals surface area contributed by atoms with E-state index in [-0.39, 0.29) is 23.7 Å². The number of ether oxygens (including phenoxy) is 2. The summed E-state index contributed by atoms with van der Waals surface area (Å²) in [7, 11) is 7.57. The number of hydrogen-bond donors (Lipinski definition) is 5. The van der Waals surface area contributed by atoms with Crippen LogP contribution in [0.15, 0.2) is 60.7 Å². The molecule has 4 saturated carbocycles. The van der Waals surface area contributed by atoms with Crippen molar-refractivity contribution in [1.29, 1.82) is 0 Å². The van der Waals surface area contributed by atoms with Crippen molar-refractivity contribution in [2.75, 3.05) is 65.0 Å². The van der Waals surface area contributed by atoms with E-state index in [4.69, 9.17) is 9.47 Å². The maximum absolute atomic E-state index is 14.3. The van der Waals surface area contributed by atoms with Gasteiger partial charge >= 0.3 is 12.2 Å². The fourth-order valence-electron chi connectivity index (χ4n) is 9.28. The molecule has 0 heterocycles. The highest BCUT2D eigenvalue weighted by Gasteiger charge is 2.62. The van der Waals surface area contributed by atoms with Crippen LogP contribution in [-0.4, -0.2) is 112 Å². The maximum atomic E-state index is 14.3. The Hall–Kier alpha value is -5.02. The van der Waals surface area contributed by atoms with Crippen LogP contribution in [0, 0.1) is 47.3 Å². The second-order valence-corrected chi connectivity index (χ2v) is 15.8. The molecule has 0 spiro atoms. The summed E-state index contributed by atoms with van der Waals surface area (Å²) in [5, 5.41) is 14.0. The van der Waals surface area contributed by atoms with Gasteiger partial charge in [0.1, 0.15) is 12.2 Å². The summed E-state index contributed by atoms with van der Waals surface area (Å²) in [6, 6.07) is 17.7. The fourth-order valence-corrected chi connectivity index (χ4v) is 9.28. The van der Waals surface area contributed by atoms with Gasteiger partial charge in [0.2, 0.25) is 23.6 Å². The molecular formula is C40H53N7O8. The molecule has 0 radical (unpaired) electrons. The monoisotopic (exact) mass is 759 g/mol.